The van der Waals surface area contributed by atoms with Crippen LogP contribution in [0.2, 0.25) is 0 Å². The van der Waals surface area contributed by atoms with Gasteiger partial charge < -0.3 is 18.9 Å². The van der Waals surface area contributed by atoms with E-state index in [1.54, 1.807) is 0 Å². The number of carbonyl (C=O) groups is 4. The Morgan fingerprint density at radius 2 is 0.842 bits per heavy atom. The number of carbonyl (C=O) groups excluding carboxylic acids is 4. The first kappa shape index (κ1) is 24.8. The molecule has 14 heteroatoms. The lowest BCUT2D eigenvalue weighted by Gasteiger charge is -2.14. The fraction of sp³-hybridized carbons (Fsp3) is 0.0833. The van der Waals surface area contributed by atoms with E-state index in [9.17, 15) is 45.5 Å². The number of halogens is 6. The zero-order valence-corrected chi connectivity index (χ0v) is 18.2. The standard InChI is InChI=1S/C24H8F6O8/c25-23(26,27)15-7-11(5-13-17(15)21(33)37-19(13)31)35-9-1-2-10(4-3-9)36-12-6-14-18(22(34)38-20(14)32)16(8-12)24(28,29)30/h1-8H. The Bertz CT molecular complexity index is 1440. The molecule has 0 unspecified atom stereocenters. The molecule has 0 atom stereocenters. The average Bonchev–Trinajstić information content (AvgIpc) is 3.27. The number of alkyl halides is 6. The topological polar surface area (TPSA) is 105 Å². The predicted octanol–water partition coefficient (Wildman–Crippen LogP) is 5.93. The minimum Gasteiger partial charge on any atom is -0.457 e. The highest BCUT2D eigenvalue weighted by atomic mass is 19.4. The molecule has 8 nitrogen and oxygen atoms in total. The van der Waals surface area contributed by atoms with Gasteiger partial charge in [0.05, 0.1) is 33.4 Å². The minimum atomic E-state index is -5.01. The van der Waals surface area contributed by atoms with Crippen LogP contribution in [0.4, 0.5) is 26.3 Å². The maximum atomic E-state index is 13.4. The minimum absolute atomic E-state index is 0.0674. The van der Waals surface area contributed by atoms with Gasteiger partial charge in [-0.05, 0) is 48.5 Å². The molecule has 0 spiro atoms. The molecule has 0 aromatic heterocycles. The number of ether oxygens (including phenoxy) is 4. The van der Waals surface area contributed by atoms with Crippen molar-refractivity contribution < 1.29 is 64.5 Å². The highest BCUT2D eigenvalue weighted by molar-refractivity contribution is 6.16. The quantitative estimate of drug-likeness (QED) is 0.229. The molecule has 2 aliphatic rings. The number of hydrogen-bond donors (Lipinski definition) is 0. The van der Waals surface area contributed by atoms with Crippen molar-refractivity contribution in [2.75, 3.05) is 0 Å². The summed E-state index contributed by atoms with van der Waals surface area (Å²) >= 11 is 0. The number of fused-ring (bicyclic) bond motifs is 2. The number of esters is 4. The van der Waals surface area contributed by atoms with Crippen molar-refractivity contribution >= 4 is 23.9 Å². The van der Waals surface area contributed by atoms with E-state index >= 15 is 0 Å². The van der Waals surface area contributed by atoms with Crippen LogP contribution in [0.25, 0.3) is 0 Å². The summed E-state index contributed by atoms with van der Waals surface area (Å²) in [6, 6.07) is 7.56. The number of hydrogen-bond acceptors (Lipinski definition) is 8. The van der Waals surface area contributed by atoms with Gasteiger partial charge in [0.15, 0.2) is 0 Å². The van der Waals surface area contributed by atoms with E-state index in [0.29, 0.717) is 12.1 Å². The molecule has 0 aliphatic carbocycles. The van der Waals surface area contributed by atoms with Crippen molar-refractivity contribution in [3.8, 4) is 23.0 Å². The number of cyclic esters (lactones) is 4. The lowest BCUT2D eigenvalue weighted by molar-refractivity contribution is -0.138. The third-order valence-electron chi connectivity index (χ3n) is 5.35. The van der Waals surface area contributed by atoms with Crippen molar-refractivity contribution in [3.63, 3.8) is 0 Å². The summed E-state index contributed by atoms with van der Waals surface area (Å²) < 4.78 is 99.9. The molecule has 3 aromatic rings. The van der Waals surface area contributed by atoms with Gasteiger partial charge in [0.1, 0.15) is 23.0 Å². The molecule has 0 bridgehead atoms. The van der Waals surface area contributed by atoms with Crippen molar-refractivity contribution in [2.45, 2.75) is 12.4 Å². The van der Waals surface area contributed by atoms with E-state index in [4.69, 9.17) is 9.47 Å². The number of rotatable bonds is 4. The van der Waals surface area contributed by atoms with Gasteiger partial charge in [0.25, 0.3) is 0 Å². The second-order valence-corrected chi connectivity index (χ2v) is 7.81. The normalized spacial score (nSPS) is 14.7. The van der Waals surface area contributed by atoms with Crippen LogP contribution in [0.1, 0.15) is 52.6 Å². The Morgan fingerprint density at radius 1 is 0.500 bits per heavy atom. The molecular formula is C24H8F6O8. The molecule has 2 aliphatic heterocycles. The summed E-state index contributed by atoms with van der Waals surface area (Å²) in [5.74, 6) is -6.47. The third-order valence-corrected chi connectivity index (χ3v) is 5.35. The predicted molar refractivity (Wildman–Crippen MR) is 109 cm³/mol. The molecule has 0 saturated carbocycles. The van der Waals surface area contributed by atoms with Gasteiger partial charge in [0, 0.05) is 0 Å². The van der Waals surface area contributed by atoms with Crippen LogP contribution in [-0.4, -0.2) is 23.9 Å². The van der Waals surface area contributed by atoms with Gasteiger partial charge >= 0.3 is 36.2 Å². The highest BCUT2D eigenvalue weighted by Gasteiger charge is 2.44. The Hall–Kier alpha value is -4.88. The van der Waals surface area contributed by atoms with Crippen LogP contribution in [-0.2, 0) is 21.8 Å². The summed E-state index contributed by atoms with van der Waals surface area (Å²) in [4.78, 5) is 46.9. The summed E-state index contributed by atoms with van der Waals surface area (Å²) in [6.07, 6.45) is -10.0. The molecule has 38 heavy (non-hydrogen) atoms. The van der Waals surface area contributed by atoms with Crippen LogP contribution < -0.4 is 9.47 Å². The molecule has 0 fully saturated rings. The van der Waals surface area contributed by atoms with Gasteiger partial charge in [-0.1, -0.05) is 0 Å². The Morgan fingerprint density at radius 3 is 1.16 bits per heavy atom. The summed E-state index contributed by atoms with van der Waals surface area (Å²) in [7, 11) is 0. The SMILES string of the molecule is O=C1OC(=O)c2c1cc(Oc1ccc(Oc3cc4c(c(C(F)(F)F)c3)C(=O)OC4=O)cc1)cc2C(F)(F)F. The summed E-state index contributed by atoms with van der Waals surface area (Å²) in [6.45, 7) is 0. The highest BCUT2D eigenvalue weighted by Crippen LogP contribution is 2.42. The molecule has 5 rings (SSSR count). The summed E-state index contributed by atoms with van der Waals surface area (Å²) in [5, 5.41) is 0. The Labute approximate surface area is 206 Å². The van der Waals surface area contributed by atoms with Gasteiger partial charge in [-0.25, -0.2) is 19.2 Å². The lowest BCUT2D eigenvalue weighted by atomic mass is 10.0. The molecule has 194 valence electrons. The molecule has 0 saturated heterocycles. The average molecular weight is 538 g/mol. The van der Waals surface area contributed by atoms with Crippen LogP contribution in [0.5, 0.6) is 23.0 Å². The lowest BCUT2D eigenvalue weighted by Crippen LogP contribution is -2.12. The molecule has 0 amide bonds. The Balaban J connectivity index is 1.42. The van der Waals surface area contributed by atoms with E-state index < -0.39 is 81.1 Å². The first-order valence-electron chi connectivity index (χ1n) is 10.2. The smallest absolute Gasteiger partial charge is 0.417 e. The monoisotopic (exact) mass is 538 g/mol. The Kier molecular flexibility index (Phi) is 5.43. The molecule has 2 heterocycles. The van der Waals surface area contributed by atoms with E-state index in [0.717, 1.165) is 12.1 Å². The first-order chi connectivity index (χ1) is 17.7. The van der Waals surface area contributed by atoms with Crippen molar-refractivity contribution in [2.24, 2.45) is 0 Å². The van der Waals surface area contributed by atoms with Gasteiger partial charge in [-0.3, -0.25) is 0 Å². The number of benzene rings is 3. The van der Waals surface area contributed by atoms with Crippen molar-refractivity contribution in [1.82, 2.24) is 0 Å². The fourth-order valence-corrected chi connectivity index (χ4v) is 3.79. The maximum absolute atomic E-state index is 13.4. The summed E-state index contributed by atoms with van der Waals surface area (Å²) in [5.41, 5.74) is -6.00. The second kappa shape index (κ2) is 8.33. The first-order valence-corrected chi connectivity index (χ1v) is 10.2. The van der Waals surface area contributed by atoms with Crippen molar-refractivity contribution in [1.29, 1.82) is 0 Å². The second-order valence-electron chi connectivity index (χ2n) is 7.81. The van der Waals surface area contributed by atoms with Gasteiger partial charge in [-0.2, -0.15) is 26.3 Å². The molecule has 0 radical (unpaired) electrons. The van der Waals surface area contributed by atoms with Crippen molar-refractivity contribution in [3.05, 3.63) is 81.9 Å². The van der Waals surface area contributed by atoms with Crippen LogP contribution >= 0.6 is 0 Å². The largest absolute Gasteiger partial charge is 0.457 e. The molecule has 0 N–H and O–H groups in total. The maximum Gasteiger partial charge on any atom is 0.417 e. The van der Waals surface area contributed by atoms with E-state index in [2.05, 4.69) is 9.47 Å². The molecule has 3 aromatic carbocycles. The third kappa shape index (κ3) is 4.29. The zero-order valence-electron chi connectivity index (χ0n) is 18.2. The van der Waals surface area contributed by atoms with E-state index in [-0.39, 0.29) is 11.5 Å². The zero-order chi connectivity index (χ0) is 27.6. The van der Waals surface area contributed by atoms with Gasteiger partial charge in [0.2, 0.25) is 0 Å². The fourth-order valence-electron chi connectivity index (χ4n) is 3.79. The van der Waals surface area contributed by atoms with E-state index in [1.165, 1.54) is 24.3 Å². The van der Waals surface area contributed by atoms with Gasteiger partial charge in [-0.15, -0.1) is 0 Å². The molecular weight excluding hydrogens is 530 g/mol. The van der Waals surface area contributed by atoms with Crippen LogP contribution in [0.3, 0.4) is 0 Å². The van der Waals surface area contributed by atoms with Crippen LogP contribution in [0.15, 0.2) is 48.5 Å². The van der Waals surface area contributed by atoms with Crippen LogP contribution in [0, 0.1) is 0 Å². The van der Waals surface area contributed by atoms with E-state index in [1.807, 2.05) is 0 Å².